The van der Waals surface area contributed by atoms with E-state index in [9.17, 15) is 18.0 Å². The number of carbonyl (C=O) groups excluding carboxylic acids is 1. The van der Waals surface area contributed by atoms with Crippen LogP contribution in [0.2, 0.25) is 0 Å². The van der Waals surface area contributed by atoms with E-state index in [2.05, 4.69) is 6.58 Å². The number of aromatic nitrogens is 1. The molecule has 0 saturated heterocycles. The monoisotopic (exact) mass is 465 g/mol. The number of alkyl halides is 3. The number of halogens is 3. The van der Waals surface area contributed by atoms with Crippen molar-refractivity contribution < 1.29 is 27.4 Å². The lowest BCUT2D eigenvalue weighted by molar-refractivity contribution is -0.0689. The fourth-order valence-corrected chi connectivity index (χ4v) is 3.90. The van der Waals surface area contributed by atoms with Gasteiger partial charge in [-0.25, -0.2) is 0 Å². The standard InChI is InChI=1S/C27H22F3NO3/c1-17(27(28,29)30)26-25(20-9-11-21(33-3)12-10-20)23-15-22(13-14-24(23)31(26)18(2)32)34-16-19-7-5-4-6-8-19/h4-15H,1,16H2,2-3H3. The predicted octanol–water partition coefficient (Wildman–Crippen LogP) is 7.13. The molecule has 7 heteroatoms. The van der Waals surface area contributed by atoms with Gasteiger partial charge in [-0.15, -0.1) is 0 Å². The number of carbonyl (C=O) groups is 1. The number of fused-ring (bicyclic) bond motifs is 1. The van der Waals surface area contributed by atoms with Crippen LogP contribution in [0.3, 0.4) is 0 Å². The van der Waals surface area contributed by atoms with Crippen molar-refractivity contribution in [1.82, 2.24) is 4.57 Å². The van der Waals surface area contributed by atoms with Crippen LogP contribution < -0.4 is 9.47 Å². The molecule has 0 aliphatic carbocycles. The van der Waals surface area contributed by atoms with Crippen molar-refractivity contribution in [2.24, 2.45) is 0 Å². The van der Waals surface area contributed by atoms with E-state index in [4.69, 9.17) is 9.47 Å². The zero-order valence-corrected chi connectivity index (χ0v) is 18.6. The van der Waals surface area contributed by atoms with Gasteiger partial charge in [-0.2, -0.15) is 13.2 Å². The molecule has 1 aromatic heterocycles. The summed E-state index contributed by atoms with van der Waals surface area (Å²) in [7, 11) is 1.50. The largest absolute Gasteiger partial charge is 0.497 e. The van der Waals surface area contributed by atoms with Gasteiger partial charge in [0.25, 0.3) is 0 Å². The molecule has 0 aliphatic rings. The average molecular weight is 465 g/mol. The predicted molar refractivity (Wildman–Crippen MR) is 126 cm³/mol. The molecule has 174 valence electrons. The zero-order valence-electron chi connectivity index (χ0n) is 18.6. The highest BCUT2D eigenvalue weighted by Gasteiger charge is 2.38. The Bertz CT molecular complexity index is 1350. The molecule has 0 radical (unpaired) electrons. The van der Waals surface area contributed by atoms with Crippen LogP contribution in [0.25, 0.3) is 27.6 Å². The highest BCUT2D eigenvalue weighted by atomic mass is 19.4. The molecule has 4 rings (SSSR count). The summed E-state index contributed by atoms with van der Waals surface area (Å²) in [6.07, 6.45) is -4.73. The van der Waals surface area contributed by atoms with E-state index in [0.717, 1.165) is 10.1 Å². The molecule has 3 aromatic carbocycles. The minimum atomic E-state index is -4.73. The van der Waals surface area contributed by atoms with Crippen LogP contribution >= 0.6 is 0 Å². The highest BCUT2D eigenvalue weighted by molar-refractivity contribution is 6.08. The van der Waals surface area contributed by atoms with Gasteiger partial charge in [0.05, 0.1) is 23.9 Å². The molecule has 34 heavy (non-hydrogen) atoms. The molecular weight excluding hydrogens is 443 g/mol. The molecule has 0 atom stereocenters. The maximum absolute atomic E-state index is 13.8. The summed E-state index contributed by atoms with van der Waals surface area (Å²) in [6.45, 7) is 4.82. The van der Waals surface area contributed by atoms with Crippen molar-refractivity contribution in [3.8, 4) is 22.6 Å². The molecule has 0 bridgehead atoms. The van der Waals surface area contributed by atoms with E-state index in [-0.39, 0.29) is 11.3 Å². The van der Waals surface area contributed by atoms with Gasteiger partial charge in [0.2, 0.25) is 5.91 Å². The summed E-state index contributed by atoms with van der Waals surface area (Å²) in [5.41, 5.74) is 0.639. The van der Waals surface area contributed by atoms with E-state index in [1.807, 2.05) is 30.3 Å². The third kappa shape index (κ3) is 4.41. The zero-order chi connectivity index (χ0) is 24.5. The first kappa shape index (κ1) is 23.2. The van der Waals surface area contributed by atoms with Gasteiger partial charge in [-0.05, 0) is 41.5 Å². The van der Waals surface area contributed by atoms with Crippen LogP contribution in [0.5, 0.6) is 11.5 Å². The summed E-state index contributed by atoms with van der Waals surface area (Å²) in [6, 6.07) is 21.0. The molecule has 4 aromatic rings. The van der Waals surface area contributed by atoms with Gasteiger partial charge in [-0.3, -0.25) is 9.36 Å². The van der Waals surface area contributed by atoms with Gasteiger partial charge in [0, 0.05) is 17.9 Å². The SMILES string of the molecule is C=C(c1c(-c2ccc(OC)cc2)c2cc(OCc3ccccc3)ccc2n1C(C)=O)C(F)(F)F. The van der Waals surface area contributed by atoms with E-state index < -0.39 is 17.7 Å². The molecule has 0 aliphatic heterocycles. The van der Waals surface area contributed by atoms with E-state index in [1.165, 1.54) is 14.0 Å². The Balaban J connectivity index is 1.93. The number of rotatable bonds is 6. The molecule has 0 N–H and O–H groups in total. The fraction of sp³-hybridized carbons (Fsp3) is 0.148. The van der Waals surface area contributed by atoms with Crippen LogP contribution in [0.1, 0.15) is 23.0 Å². The van der Waals surface area contributed by atoms with Crippen LogP contribution in [-0.4, -0.2) is 23.8 Å². The molecule has 0 saturated carbocycles. The number of allylic oxidation sites excluding steroid dienone is 1. The first-order valence-electron chi connectivity index (χ1n) is 10.5. The number of hydrogen-bond donors (Lipinski definition) is 0. The van der Waals surface area contributed by atoms with Crippen molar-refractivity contribution in [1.29, 1.82) is 0 Å². The van der Waals surface area contributed by atoms with Crippen LogP contribution in [-0.2, 0) is 6.61 Å². The molecule has 4 nitrogen and oxygen atoms in total. The second-order valence-electron chi connectivity index (χ2n) is 7.74. The van der Waals surface area contributed by atoms with Crippen LogP contribution in [0, 0.1) is 0 Å². The molecule has 0 unspecified atom stereocenters. The Morgan fingerprint density at radius 2 is 1.62 bits per heavy atom. The average Bonchev–Trinajstić information content (AvgIpc) is 3.16. The van der Waals surface area contributed by atoms with Gasteiger partial charge in [-0.1, -0.05) is 49.0 Å². The first-order chi connectivity index (χ1) is 16.2. The lowest BCUT2D eigenvalue weighted by Crippen LogP contribution is -2.17. The minimum Gasteiger partial charge on any atom is -0.497 e. The maximum Gasteiger partial charge on any atom is 0.417 e. The summed E-state index contributed by atoms with van der Waals surface area (Å²) >= 11 is 0. The summed E-state index contributed by atoms with van der Waals surface area (Å²) in [5, 5.41) is 0.450. The Labute approximate surface area is 194 Å². The second kappa shape index (κ2) is 9.09. The molecular formula is C27H22F3NO3. The Hall–Kier alpha value is -4.00. The normalized spacial score (nSPS) is 11.4. The highest BCUT2D eigenvalue weighted by Crippen LogP contribution is 2.44. The Morgan fingerprint density at radius 1 is 0.971 bits per heavy atom. The topological polar surface area (TPSA) is 40.5 Å². The lowest BCUT2D eigenvalue weighted by atomic mass is 9.98. The van der Waals surface area contributed by atoms with Gasteiger partial charge >= 0.3 is 6.18 Å². The number of methoxy groups -OCH3 is 1. The third-order valence-electron chi connectivity index (χ3n) is 5.51. The lowest BCUT2D eigenvalue weighted by Gasteiger charge is -2.15. The van der Waals surface area contributed by atoms with E-state index in [1.54, 1.807) is 42.5 Å². The molecule has 1 heterocycles. The van der Waals surface area contributed by atoms with Gasteiger partial charge < -0.3 is 9.47 Å². The smallest absolute Gasteiger partial charge is 0.417 e. The maximum atomic E-state index is 13.8. The van der Waals surface area contributed by atoms with Crippen molar-refractivity contribution in [3.05, 3.63) is 90.6 Å². The Kier molecular flexibility index (Phi) is 6.20. The Morgan fingerprint density at radius 3 is 2.21 bits per heavy atom. The first-order valence-corrected chi connectivity index (χ1v) is 10.5. The third-order valence-corrected chi connectivity index (χ3v) is 5.51. The number of nitrogens with zero attached hydrogens (tertiary/aromatic N) is 1. The van der Waals surface area contributed by atoms with Crippen molar-refractivity contribution in [3.63, 3.8) is 0 Å². The second-order valence-corrected chi connectivity index (χ2v) is 7.74. The van der Waals surface area contributed by atoms with Crippen LogP contribution in [0.4, 0.5) is 13.2 Å². The fourth-order valence-electron chi connectivity index (χ4n) is 3.90. The number of benzene rings is 3. The molecule has 0 amide bonds. The van der Waals surface area contributed by atoms with E-state index in [0.29, 0.717) is 34.6 Å². The summed E-state index contributed by atoms with van der Waals surface area (Å²) < 4.78 is 53.7. The summed E-state index contributed by atoms with van der Waals surface area (Å²) in [5.74, 6) is 0.473. The quantitative estimate of drug-likeness (QED) is 0.304. The minimum absolute atomic E-state index is 0.250. The number of hydrogen-bond acceptors (Lipinski definition) is 3. The van der Waals surface area contributed by atoms with Crippen molar-refractivity contribution >= 4 is 22.4 Å². The van der Waals surface area contributed by atoms with Crippen molar-refractivity contribution in [2.45, 2.75) is 19.7 Å². The molecule has 0 fully saturated rings. The van der Waals surface area contributed by atoms with Gasteiger partial charge in [0.15, 0.2) is 0 Å². The van der Waals surface area contributed by atoms with Crippen molar-refractivity contribution in [2.75, 3.05) is 7.11 Å². The van der Waals surface area contributed by atoms with E-state index >= 15 is 0 Å². The number of ether oxygens (including phenoxy) is 2. The van der Waals surface area contributed by atoms with Gasteiger partial charge in [0.1, 0.15) is 18.1 Å². The van der Waals surface area contributed by atoms with Crippen LogP contribution in [0.15, 0.2) is 79.4 Å². The molecule has 0 spiro atoms. The summed E-state index contributed by atoms with van der Waals surface area (Å²) in [4.78, 5) is 12.6.